The molecule has 0 bridgehead atoms. The number of carbonyl (C=O) groups excluding carboxylic acids is 2. The lowest BCUT2D eigenvalue weighted by atomic mass is 9.93. The minimum Gasteiger partial charge on any atom is -0.481 e. The van der Waals surface area contributed by atoms with Crippen molar-refractivity contribution in [3.63, 3.8) is 0 Å². The van der Waals surface area contributed by atoms with E-state index in [9.17, 15) is 23.6 Å². The molecule has 0 saturated carbocycles. The van der Waals surface area contributed by atoms with Crippen LogP contribution in [0.4, 0.5) is 4.39 Å². The molecule has 1 unspecified atom stereocenters. The van der Waals surface area contributed by atoms with Gasteiger partial charge in [-0.05, 0) is 31.4 Å². The topological polar surface area (TPSA) is 106 Å². The number of aromatic nitrogens is 2. The molecule has 7 nitrogen and oxygen atoms in total. The number of fused-ring (bicyclic) bond motifs is 2. The number of aryl methyl sites for hydroxylation is 1. The van der Waals surface area contributed by atoms with Crippen molar-refractivity contribution in [2.75, 3.05) is 6.67 Å². The second kappa shape index (κ2) is 8.41. The van der Waals surface area contributed by atoms with Crippen molar-refractivity contribution in [3.05, 3.63) is 40.4 Å². The Morgan fingerprint density at radius 2 is 2.04 bits per heavy atom. The van der Waals surface area contributed by atoms with Gasteiger partial charge in [0.1, 0.15) is 12.5 Å². The number of carboxylic acid groups (broad SMARTS) is 1. The molecule has 1 aromatic carbocycles. The molecule has 0 aliphatic carbocycles. The summed E-state index contributed by atoms with van der Waals surface area (Å²) in [5, 5.41) is 9.31. The average molecular weight is 388 g/mol. The van der Waals surface area contributed by atoms with E-state index in [1.165, 1.54) is 4.57 Å². The fraction of sp³-hybridized carbons (Fsp3) is 0.450. The van der Waals surface area contributed by atoms with Crippen LogP contribution in [-0.2, 0) is 20.8 Å². The second-order valence-corrected chi connectivity index (χ2v) is 7.03. The Bertz CT molecular complexity index is 984. The number of rotatable bonds is 9. The molecular weight excluding hydrogens is 367 g/mol. The number of carbonyl (C=O) groups is 3. The van der Waals surface area contributed by atoms with E-state index in [2.05, 4.69) is 4.98 Å². The van der Waals surface area contributed by atoms with E-state index in [0.29, 0.717) is 29.6 Å². The number of aliphatic carboxylic acids is 1. The molecule has 0 amide bonds. The Hall–Kier alpha value is -2.90. The van der Waals surface area contributed by atoms with Crippen LogP contribution >= 0.6 is 0 Å². The highest BCUT2D eigenvalue weighted by molar-refractivity contribution is 5.86. The number of alkyl halides is 1. The summed E-state index contributed by atoms with van der Waals surface area (Å²) in [5.41, 5.74) is 0.362. The van der Waals surface area contributed by atoms with E-state index in [1.54, 1.807) is 24.3 Å². The van der Waals surface area contributed by atoms with Gasteiger partial charge in [-0.1, -0.05) is 12.1 Å². The van der Waals surface area contributed by atoms with E-state index < -0.39 is 36.8 Å². The maximum atomic E-state index is 12.8. The summed E-state index contributed by atoms with van der Waals surface area (Å²) in [6, 6.07) is 6.38. The van der Waals surface area contributed by atoms with Gasteiger partial charge in [-0.25, -0.2) is 9.37 Å². The fourth-order valence-electron chi connectivity index (χ4n) is 3.78. The van der Waals surface area contributed by atoms with Crippen molar-refractivity contribution >= 4 is 28.4 Å². The molecule has 1 aliphatic heterocycles. The summed E-state index contributed by atoms with van der Waals surface area (Å²) in [5.74, 6) is -2.43. The zero-order chi connectivity index (χ0) is 20.3. The Balaban J connectivity index is 1.70. The molecule has 0 radical (unpaired) electrons. The normalized spacial score (nSPS) is 16.7. The van der Waals surface area contributed by atoms with Gasteiger partial charge in [0.15, 0.2) is 11.6 Å². The highest BCUT2D eigenvalue weighted by Gasteiger charge is 2.31. The van der Waals surface area contributed by atoms with Gasteiger partial charge in [-0.3, -0.25) is 23.7 Å². The van der Waals surface area contributed by atoms with Gasteiger partial charge >= 0.3 is 5.97 Å². The molecule has 148 valence electrons. The Labute approximate surface area is 160 Å². The van der Waals surface area contributed by atoms with Crippen LogP contribution in [0.3, 0.4) is 0 Å². The van der Waals surface area contributed by atoms with E-state index in [1.807, 2.05) is 0 Å². The largest absolute Gasteiger partial charge is 0.481 e. The lowest BCUT2D eigenvalue weighted by molar-refractivity contribution is -0.141. The standard InChI is InChI=1S/C20H21FN2O5/c21-11-17(25)12(10-19(26)27)4-3-7-16(24)15-8-9-18-22-14-6-2-1-5-13(14)20(28)23(15)18/h1-2,5-6,12,15H,3-4,7-11H2,(H,26,27)/t12?,15-/m0/s1. The number of halogens is 1. The lowest BCUT2D eigenvalue weighted by Crippen LogP contribution is -2.29. The first kappa shape index (κ1) is 19.9. The van der Waals surface area contributed by atoms with Crippen molar-refractivity contribution in [1.82, 2.24) is 9.55 Å². The summed E-state index contributed by atoms with van der Waals surface area (Å²) in [7, 11) is 0. The number of Topliss-reactive ketones (excluding diaryl/α,β-unsaturated/α-hetero) is 2. The number of nitrogens with zero attached hydrogens (tertiary/aromatic N) is 2. The van der Waals surface area contributed by atoms with Crippen LogP contribution in [0.25, 0.3) is 10.9 Å². The summed E-state index contributed by atoms with van der Waals surface area (Å²) in [6.45, 7) is -1.21. The maximum Gasteiger partial charge on any atom is 0.304 e. The Kier molecular flexibility index (Phi) is 5.96. The molecular formula is C20H21FN2O5. The zero-order valence-corrected chi connectivity index (χ0v) is 15.3. The minimum absolute atomic E-state index is 0.0963. The van der Waals surface area contributed by atoms with Crippen molar-refractivity contribution < 1.29 is 23.9 Å². The summed E-state index contributed by atoms with van der Waals surface area (Å²) in [4.78, 5) is 52.3. The van der Waals surface area contributed by atoms with Gasteiger partial charge in [-0.15, -0.1) is 0 Å². The minimum atomic E-state index is -1.21. The SMILES string of the molecule is O=C(O)CC(CCCC(=O)[C@@H]1CCc2nc3ccccc3c(=O)n21)C(=O)CF. The number of hydrogen-bond donors (Lipinski definition) is 1. The second-order valence-electron chi connectivity index (χ2n) is 7.03. The van der Waals surface area contributed by atoms with Crippen molar-refractivity contribution in [2.45, 2.75) is 44.6 Å². The molecule has 0 saturated heterocycles. The number of carboxylic acids is 1. The predicted molar refractivity (Wildman–Crippen MR) is 98.9 cm³/mol. The van der Waals surface area contributed by atoms with Crippen molar-refractivity contribution in [2.24, 2.45) is 5.92 Å². The zero-order valence-electron chi connectivity index (χ0n) is 15.3. The van der Waals surface area contributed by atoms with Gasteiger partial charge in [0.25, 0.3) is 5.56 Å². The number of benzene rings is 1. The molecule has 3 rings (SSSR count). The molecule has 2 aromatic rings. The summed E-state index contributed by atoms with van der Waals surface area (Å²) < 4.78 is 14.1. The van der Waals surface area contributed by atoms with E-state index >= 15 is 0 Å². The quantitative estimate of drug-likeness (QED) is 0.706. The smallest absolute Gasteiger partial charge is 0.304 e. The van der Waals surface area contributed by atoms with Crippen LogP contribution in [-0.4, -0.2) is 38.9 Å². The third kappa shape index (κ3) is 4.00. The van der Waals surface area contributed by atoms with Gasteiger partial charge in [0.2, 0.25) is 0 Å². The molecule has 2 heterocycles. The van der Waals surface area contributed by atoms with Crippen LogP contribution in [0.5, 0.6) is 0 Å². The third-order valence-electron chi connectivity index (χ3n) is 5.19. The fourth-order valence-corrected chi connectivity index (χ4v) is 3.78. The number of ketones is 2. The van der Waals surface area contributed by atoms with Gasteiger partial charge in [0, 0.05) is 18.8 Å². The van der Waals surface area contributed by atoms with E-state index in [4.69, 9.17) is 5.11 Å². The van der Waals surface area contributed by atoms with Crippen molar-refractivity contribution in [1.29, 1.82) is 0 Å². The highest BCUT2D eigenvalue weighted by atomic mass is 19.1. The lowest BCUT2D eigenvalue weighted by Gasteiger charge is -2.15. The Morgan fingerprint density at radius 3 is 2.75 bits per heavy atom. The van der Waals surface area contributed by atoms with Gasteiger partial charge in [0.05, 0.1) is 23.4 Å². The van der Waals surface area contributed by atoms with Gasteiger partial charge in [-0.2, -0.15) is 0 Å². The predicted octanol–water partition coefficient (Wildman–Crippen LogP) is 2.25. The molecule has 1 aliphatic rings. The van der Waals surface area contributed by atoms with Crippen molar-refractivity contribution in [3.8, 4) is 0 Å². The molecule has 0 spiro atoms. The third-order valence-corrected chi connectivity index (χ3v) is 5.19. The van der Waals surface area contributed by atoms with Crippen LogP contribution in [0.1, 0.15) is 44.0 Å². The summed E-state index contributed by atoms with van der Waals surface area (Å²) in [6.07, 6.45) is 1.06. The highest BCUT2D eigenvalue weighted by Crippen LogP contribution is 2.27. The first-order valence-electron chi connectivity index (χ1n) is 9.25. The monoisotopic (exact) mass is 388 g/mol. The molecule has 1 N–H and O–H groups in total. The molecule has 8 heteroatoms. The Morgan fingerprint density at radius 1 is 1.29 bits per heavy atom. The van der Waals surface area contributed by atoms with E-state index in [0.717, 1.165) is 0 Å². The van der Waals surface area contributed by atoms with Crippen LogP contribution < -0.4 is 5.56 Å². The first-order valence-corrected chi connectivity index (χ1v) is 9.25. The number of para-hydroxylation sites is 1. The van der Waals surface area contributed by atoms with Gasteiger partial charge < -0.3 is 5.11 Å². The molecule has 1 aromatic heterocycles. The van der Waals surface area contributed by atoms with E-state index in [-0.39, 0.29) is 30.6 Å². The molecule has 2 atom stereocenters. The summed E-state index contributed by atoms with van der Waals surface area (Å²) >= 11 is 0. The van der Waals surface area contributed by atoms with Crippen LogP contribution in [0, 0.1) is 5.92 Å². The molecule has 28 heavy (non-hydrogen) atoms. The maximum absolute atomic E-state index is 12.8. The van der Waals surface area contributed by atoms with Crippen LogP contribution in [0.2, 0.25) is 0 Å². The first-order chi connectivity index (χ1) is 13.4. The average Bonchev–Trinajstić information content (AvgIpc) is 3.10. The molecule has 0 fully saturated rings. The number of hydrogen-bond acceptors (Lipinski definition) is 5. The van der Waals surface area contributed by atoms with Crippen LogP contribution in [0.15, 0.2) is 29.1 Å².